The number of hydrogen-bond acceptors (Lipinski definition) is 4. The third-order valence-electron chi connectivity index (χ3n) is 2.50. The summed E-state index contributed by atoms with van der Waals surface area (Å²) >= 11 is 0. The Labute approximate surface area is 109 Å². The quantitative estimate of drug-likeness (QED) is 0.710. The predicted octanol–water partition coefficient (Wildman–Crippen LogP) is 0.826. The monoisotopic (exact) mass is 270 g/mol. The van der Waals surface area contributed by atoms with Gasteiger partial charge in [0.2, 0.25) is 5.91 Å². The number of halogens is 1. The molecule has 0 aliphatic carbocycles. The maximum absolute atomic E-state index is 13.4. The van der Waals surface area contributed by atoms with Crippen LogP contribution in [0.15, 0.2) is 18.2 Å². The lowest BCUT2D eigenvalue weighted by atomic mass is 10.2. The van der Waals surface area contributed by atoms with Crippen molar-refractivity contribution in [1.82, 2.24) is 0 Å². The number of methoxy groups -OCH3 is 1. The van der Waals surface area contributed by atoms with E-state index < -0.39 is 23.8 Å². The zero-order valence-corrected chi connectivity index (χ0v) is 10.4. The summed E-state index contributed by atoms with van der Waals surface area (Å²) in [5.41, 5.74) is 5.07. The van der Waals surface area contributed by atoms with Crippen LogP contribution in [0.2, 0.25) is 0 Å². The van der Waals surface area contributed by atoms with Gasteiger partial charge in [0, 0.05) is 13.7 Å². The van der Waals surface area contributed by atoms with Crippen LogP contribution in [0.4, 0.5) is 10.1 Å². The van der Waals surface area contributed by atoms with Crippen LogP contribution in [-0.4, -0.2) is 36.7 Å². The summed E-state index contributed by atoms with van der Waals surface area (Å²) in [4.78, 5) is 22.4. The first-order valence-corrected chi connectivity index (χ1v) is 5.53. The molecule has 0 aliphatic heterocycles. The van der Waals surface area contributed by atoms with Crippen molar-refractivity contribution in [2.45, 2.75) is 12.5 Å². The molecule has 4 N–H and O–H groups in total. The van der Waals surface area contributed by atoms with Gasteiger partial charge in [0.1, 0.15) is 5.82 Å². The molecule has 1 unspecified atom stereocenters. The highest BCUT2D eigenvalue weighted by Crippen LogP contribution is 2.16. The second-order valence-electron chi connectivity index (χ2n) is 3.85. The third-order valence-corrected chi connectivity index (χ3v) is 2.50. The van der Waals surface area contributed by atoms with Crippen molar-refractivity contribution in [2.75, 3.05) is 19.0 Å². The van der Waals surface area contributed by atoms with Gasteiger partial charge in [-0.15, -0.1) is 0 Å². The van der Waals surface area contributed by atoms with Gasteiger partial charge in [-0.3, -0.25) is 4.79 Å². The summed E-state index contributed by atoms with van der Waals surface area (Å²) in [7, 11) is 1.41. The average molecular weight is 270 g/mol. The summed E-state index contributed by atoms with van der Waals surface area (Å²) in [5.74, 6) is -2.41. The maximum atomic E-state index is 13.4. The topological polar surface area (TPSA) is 102 Å². The van der Waals surface area contributed by atoms with Crippen molar-refractivity contribution >= 4 is 17.6 Å². The zero-order valence-electron chi connectivity index (χ0n) is 10.4. The highest BCUT2D eigenvalue weighted by Gasteiger charge is 2.14. The van der Waals surface area contributed by atoms with E-state index in [1.54, 1.807) is 0 Å². The lowest BCUT2D eigenvalue weighted by Crippen LogP contribution is -2.28. The van der Waals surface area contributed by atoms with E-state index in [2.05, 4.69) is 5.32 Å². The summed E-state index contributed by atoms with van der Waals surface area (Å²) in [6.07, 6.45) is -0.505. The Morgan fingerprint density at radius 1 is 1.53 bits per heavy atom. The SMILES string of the molecule is COC(CN)CC(=O)Nc1cc(C(=O)O)ccc1F. The van der Waals surface area contributed by atoms with Crippen LogP contribution in [-0.2, 0) is 9.53 Å². The van der Waals surface area contributed by atoms with Crippen molar-refractivity contribution in [3.05, 3.63) is 29.6 Å². The maximum Gasteiger partial charge on any atom is 0.335 e. The molecule has 1 atom stereocenters. The molecule has 1 amide bonds. The average Bonchev–Trinajstić information content (AvgIpc) is 2.38. The molecule has 19 heavy (non-hydrogen) atoms. The number of benzene rings is 1. The number of nitrogens with two attached hydrogens (primary N) is 1. The largest absolute Gasteiger partial charge is 0.478 e. The highest BCUT2D eigenvalue weighted by molar-refractivity contribution is 5.94. The van der Waals surface area contributed by atoms with E-state index in [1.807, 2.05) is 0 Å². The molecule has 0 saturated heterocycles. The number of carbonyl (C=O) groups is 2. The Morgan fingerprint density at radius 2 is 2.21 bits per heavy atom. The zero-order chi connectivity index (χ0) is 14.4. The van der Waals surface area contributed by atoms with Crippen LogP contribution in [0.25, 0.3) is 0 Å². The second kappa shape index (κ2) is 6.81. The molecule has 0 bridgehead atoms. The summed E-state index contributed by atoms with van der Waals surface area (Å²) < 4.78 is 18.4. The fourth-order valence-electron chi connectivity index (χ4n) is 1.43. The smallest absolute Gasteiger partial charge is 0.335 e. The molecule has 1 aromatic rings. The number of carbonyl (C=O) groups excluding carboxylic acids is 1. The molecule has 0 aromatic heterocycles. The minimum absolute atomic E-state index is 0.0380. The molecule has 0 aliphatic rings. The fourth-order valence-corrected chi connectivity index (χ4v) is 1.43. The minimum Gasteiger partial charge on any atom is -0.478 e. The van der Waals surface area contributed by atoms with Gasteiger partial charge in [-0.05, 0) is 18.2 Å². The molecular formula is C12H15FN2O4. The van der Waals surface area contributed by atoms with Gasteiger partial charge in [0.05, 0.1) is 23.8 Å². The molecule has 6 nitrogen and oxygen atoms in total. The van der Waals surface area contributed by atoms with E-state index in [1.165, 1.54) is 7.11 Å². The van der Waals surface area contributed by atoms with E-state index in [-0.39, 0.29) is 24.2 Å². The van der Waals surface area contributed by atoms with E-state index in [0.29, 0.717) is 0 Å². The standard InChI is InChI=1S/C12H15FN2O4/c1-19-8(6-14)5-11(16)15-10-4-7(12(17)18)2-3-9(10)13/h2-4,8H,5-6,14H2,1H3,(H,15,16)(H,17,18). The summed E-state index contributed by atoms with van der Waals surface area (Å²) in [5, 5.41) is 11.1. The van der Waals surface area contributed by atoms with E-state index in [0.717, 1.165) is 18.2 Å². The van der Waals surface area contributed by atoms with Gasteiger partial charge in [-0.1, -0.05) is 0 Å². The lowest BCUT2D eigenvalue weighted by Gasteiger charge is -2.13. The van der Waals surface area contributed by atoms with Crippen LogP contribution in [0.1, 0.15) is 16.8 Å². The molecule has 0 saturated carbocycles. The molecule has 0 heterocycles. The number of hydrogen-bond donors (Lipinski definition) is 3. The van der Waals surface area contributed by atoms with Crippen molar-refractivity contribution in [1.29, 1.82) is 0 Å². The van der Waals surface area contributed by atoms with E-state index in [9.17, 15) is 14.0 Å². The van der Waals surface area contributed by atoms with Gasteiger partial charge in [-0.25, -0.2) is 9.18 Å². The first-order valence-electron chi connectivity index (χ1n) is 5.53. The highest BCUT2D eigenvalue weighted by atomic mass is 19.1. The molecule has 104 valence electrons. The van der Waals surface area contributed by atoms with Crippen LogP contribution in [0.5, 0.6) is 0 Å². The van der Waals surface area contributed by atoms with Gasteiger partial charge < -0.3 is 20.9 Å². The van der Waals surface area contributed by atoms with Gasteiger partial charge in [0.15, 0.2) is 0 Å². The number of carboxylic acids is 1. The van der Waals surface area contributed by atoms with Crippen molar-refractivity contribution < 1.29 is 23.8 Å². The molecule has 0 radical (unpaired) electrons. The molecule has 1 rings (SSSR count). The second-order valence-corrected chi connectivity index (χ2v) is 3.85. The van der Waals surface area contributed by atoms with Crippen molar-refractivity contribution in [2.24, 2.45) is 5.73 Å². The Balaban J connectivity index is 2.78. The van der Waals surface area contributed by atoms with Crippen molar-refractivity contribution in [3.8, 4) is 0 Å². The number of carboxylic acid groups (broad SMARTS) is 1. The Morgan fingerprint density at radius 3 is 2.74 bits per heavy atom. The van der Waals surface area contributed by atoms with Crippen LogP contribution in [0, 0.1) is 5.82 Å². The fraction of sp³-hybridized carbons (Fsp3) is 0.333. The third kappa shape index (κ3) is 4.31. The van der Waals surface area contributed by atoms with Gasteiger partial charge >= 0.3 is 5.97 Å². The normalized spacial score (nSPS) is 11.9. The van der Waals surface area contributed by atoms with E-state index >= 15 is 0 Å². The Bertz CT molecular complexity index is 475. The lowest BCUT2D eigenvalue weighted by molar-refractivity contribution is -0.118. The molecule has 0 spiro atoms. The first kappa shape index (κ1) is 15.1. The Hall–Kier alpha value is -1.99. The molecule has 7 heteroatoms. The number of amides is 1. The van der Waals surface area contributed by atoms with Gasteiger partial charge in [-0.2, -0.15) is 0 Å². The van der Waals surface area contributed by atoms with Crippen molar-refractivity contribution in [3.63, 3.8) is 0 Å². The molecule has 1 aromatic carbocycles. The number of aromatic carboxylic acids is 1. The van der Waals surface area contributed by atoms with Crippen LogP contribution in [0.3, 0.4) is 0 Å². The number of anilines is 1. The number of nitrogens with one attached hydrogen (secondary N) is 1. The molecular weight excluding hydrogens is 255 g/mol. The summed E-state index contributed by atoms with van der Waals surface area (Å²) in [6, 6.07) is 3.15. The minimum atomic E-state index is -1.20. The van der Waals surface area contributed by atoms with Crippen LogP contribution >= 0.6 is 0 Å². The first-order chi connectivity index (χ1) is 8.97. The van der Waals surface area contributed by atoms with Crippen LogP contribution < -0.4 is 11.1 Å². The Kier molecular flexibility index (Phi) is 5.40. The molecule has 0 fully saturated rings. The number of ether oxygens (including phenoxy) is 1. The summed E-state index contributed by atoms with van der Waals surface area (Å²) in [6.45, 7) is 0.154. The number of rotatable bonds is 6. The van der Waals surface area contributed by atoms with E-state index in [4.69, 9.17) is 15.6 Å². The van der Waals surface area contributed by atoms with Gasteiger partial charge in [0.25, 0.3) is 0 Å². The predicted molar refractivity (Wildman–Crippen MR) is 66.5 cm³/mol.